The van der Waals surface area contributed by atoms with E-state index in [4.69, 9.17) is 23.2 Å². The molecule has 1 aromatic carbocycles. The van der Waals surface area contributed by atoms with Crippen LogP contribution in [0, 0.1) is 5.92 Å². The number of aromatic nitrogens is 1. The molecule has 0 amide bonds. The molecule has 1 heterocycles. The Morgan fingerprint density at radius 1 is 1.15 bits per heavy atom. The smallest absolute Gasteiger partial charge is 0.307 e. The Bertz CT molecular complexity index is 599. The highest BCUT2D eigenvalue weighted by Gasteiger charge is 2.19. The van der Waals surface area contributed by atoms with Gasteiger partial charge in [-0.25, -0.2) is 4.98 Å². The highest BCUT2D eigenvalue weighted by Crippen LogP contribution is 2.21. The molecule has 1 unspecified atom stereocenters. The Balaban J connectivity index is 2.14. The topological polar surface area (TPSA) is 50.2 Å². The largest absolute Gasteiger partial charge is 0.481 e. The lowest BCUT2D eigenvalue weighted by molar-refractivity contribution is -0.141. The number of halogens is 2. The maximum absolute atomic E-state index is 11.4. The summed E-state index contributed by atoms with van der Waals surface area (Å²) in [6.45, 7) is 0. The van der Waals surface area contributed by atoms with Crippen LogP contribution in [0.3, 0.4) is 0 Å². The normalized spacial score (nSPS) is 12.1. The Morgan fingerprint density at radius 3 is 2.50 bits per heavy atom. The molecule has 1 atom stereocenters. The molecule has 0 radical (unpaired) electrons. The summed E-state index contributed by atoms with van der Waals surface area (Å²) >= 11 is 11.8. The van der Waals surface area contributed by atoms with Crippen LogP contribution in [0.4, 0.5) is 0 Å². The summed E-state index contributed by atoms with van der Waals surface area (Å²) in [7, 11) is 0. The van der Waals surface area contributed by atoms with Crippen LogP contribution in [0.1, 0.15) is 11.1 Å². The highest BCUT2D eigenvalue weighted by molar-refractivity contribution is 6.31. The first-order valence-electron chi connectivity index (χ1n) is 6.13. The van der Waals surface area contributed by atoms with Crippen molar-refractivity contribution in [3.05, 3.63) is 63.9 Å². The molecule has 1 N–H and O–H groups in total. The van der Waals surface area contributed by atoms with E-state index in [1.165, 1.54) is 0 Å². The standard InChI is InChI=1S/C15H13Cl2NO2/c16-13-4-2-1-3-11(13)8-12(15(19)20)7-10-5-6-14(17)18-9-10/h1-6,9,12H,7-8H2,(H,19,20). The van der Waals surface area contributed by atoms with Gasteiger partial charge in [-0.2, -0.15) is 0 Å². The van der Waals surface area contributed by atoms with Crippen LogP contribution in [0.25, 0.3) is 0 Å². The Morgan fingerprint density at radius 2 is 1.90 bits per heavy atom. The first-order valence-corrected chi connectivity index (χ1v) is 6.88. The van der Waals surface area contributed by atoms with E-state index in [9.17, 15) is 9.90 Å². The molecule has 0 aliphatic rings. The van der Waals surface area contributed by atoms with Crippen molar-refractivity contribution in [2.45, 2.75) is 12.8 Å². The zero-order chi connectivity index (χ0) is 14.5. The number of nitrogens with zero attached hydrogens (tertiary/aromatic N) is 1. The third-order valence-electron chi connectivity index (χ3n) is 3.04. The minimum absolute atomic E-state index is 0.387. The predicted octanol–water partition coefficient (Wildman–Crippen LogP) is 3.87. The second-order valence-electron chi connectivity index (χ2n) is 4.52. The lowest BCUT2D eigenvalue weighted by Gasteiger charge is -2.13. The molecule has 5 heteroatoms. The van der Waals surface area contributed by atoms with Gasteiger partial charge in [0.25, 0.3) is 0 Å². The van der Waals surface area contributed by atoms with E-state index >= 15 is 0 Å². The molecular formula is C15H13Cl2NO2. The summed E-state index contributed by atoms with van der Waals surface area (Å²) in [4.78, 5) is 15.4. The van der Waals surface area contributed by atoms with Crippen molar-refractivity contribution in [3.8, 4) is 0 Å². The minimum Gasteiger partial charge on any atom is -0.481 e. The number of carbonyl (C=O) groups is 1. The van der Waals surface area contributed by atoms with Crippen molar-refractivity contribution in [3.63, 3.8) is 0 Å². The van der Waals surface area contributed by atoms with Gasteiger partial charge in [-0.15, -0.1) is 0 Å². The van der Waals surface area contributed by atoms with Gasteiger partial charge < -0.3 is 5.11 Å². The number of hydrogen-bond donors (Lipinski definition) is 1. The van der Waals surface area contributed by atoms with Crippen LogP contribution in [-0.2, 0) is 17.6 Å². The minimum atomic E-state index is -0.847. The van der Waals surface area contributed by atoms with Crippen molar-refractivity contribution >= 4 is 29.2 Å². The van der Waals surface area contributed by atoms with E-state index in [1.54, 1.807) is 24.4 Å². The molecular weight excluding hydrogens is 297 g/mol. The number of pyridine rings is 1. The van der Waals surface area contributed by atoms with Crippen LogP contribution in [0.2, 0.25) is 10.2 Å². The molecule has 1 aromatic heterocycles. The SMILES string of the molecule is O=C(O)C(Cc1ccc(Cl)nc1)Cc1ccccc1Cl. The van der Waals surface area contributed by atoms with Crippen molar-refractivity contribution in [2.24, 2.45) is 5.92 Å². The molecule has 2 rings (SSSR count). The predicted molar refractivity (Wildman–Crippen MR) is 79.2 cm³/mol. The first kappa shape index (κ1) is 14.8. The van der Waals surface area contributed by atoms with E-state index in [0.29, 0.717) is 23.0 Å². The number of aliphatic carboxylic acids is 1. The van der Waals surface area contributed by atoms with Crippen LogP contribution < -0.4 is 0 Å². The summed E-state index contributed by atoms with van der Waals surface area (Å²) in [5.41, 5.74) is 1.68. The number of benzene rings is 1. The van der Waals surface area contributed by atoms with Crippen LogP contribution in [0.15, 0.2) is 42.6 Å². The lowest BCUT2D eigenvalue weighted by Crippen LogP contribution is -2.19. The van der Waals surface area contributed by atoms with Gasteiger partial charge >= 0.3 is 5.97 Å². The second-order valence-corrected chi connectivity index (χ2v) is 5.32. The number of rotatable bonds is 5. The Kier molecular flexibility index (Phi) is 4.99. The third kappa shape index (κ3) is 3.95. The lowest BCUT2D eigenvalue weighted by atomic mass is 9.93. The fourth-order valence-corrected chi connectivity index (χ4v) is 2.31. The van der Waals surface area contributed by atoms with Gasteiger partial charge in [0.05, 0.1) is 5.92 Å². The van der Waals surface area contributed by atoms with Crippen molar-refractivity contribution in [2.75, 3.05) is 0 Å². The van der Waals surface area contributed by atoms with Gasteiger partial charge in [0.1, 0.15) is 5.15 Å². The van der Waals surface area contributed by atoms with E-state index in [-0.39, 0.29) is 0 Å². The summed E-state index contributed by atoms with van der Waals surface area (Å²) in [6.07, 6.45) is 2.38. The van der Waals surface area contributed by atoms with Crippen LogP contribution in [0.5, 0.6) is 0 Å². The number of carboxylic acids is 1. The van der Waals surface area contributed by atoms with Gasteiger partial charge in [0, 0.05) is 11.2 Å². The molecule has 0 spiro atoms. The van der Waals surface area contributed by atoms with Gasteiger partial charge in [0.2, 0.25) is 0 Å². The highest BCUT2D eigenvalue weighted by atomic mass is 35.5. The van der Waals surface area contributed by atoms with E-state index in [2.05, 4.69) is 4.98 Å². The average molecular weight is 310 g/mol. The molecule has 20 heavy (non-hydrogen) atoms. The third-order valence-corrected chi connectivity index (χ3v) is 3.64. The van der Waals surface area contributed by atoms with Gasteiger partial charge in [0.15, 0.2) is 0 Å². The molecule has 0 saturated heterocycles. The van der Waals surface area contributed by atoms with E-state index in [0.717, 1.165) is 11.1 Å². The zero-order valence-electron chi connectivity index (χ0n) is 10.6. The molecule has 3 nitrogen and oxygen atoms in total. The maximum atomic E-state index is 11.4. The van der Waals surface area contributed by atoms with Crippen molar-refractivity contribution in [1.82, 2.24) is 4.98 Å². The summed E-state index contributed by atoms with van der Waals surface area (Å²) in [5.74, 6) is -1.39. The molecule has 0 aliphatic heterocycles. The molecule has 104 valence electrons. The Hall–Kier alpha value is -1.58. The van der Waals surface area contributed by atoms with E-state index < -0.39 is 11.9 Å². The molecule has 0 bridgehead atoms. The van der Waals surface area contributed by atoms with Crippen LogP contribution in [-0.4, -0.2) is 16.1 Å². The van der Waals surface area contributed by atoms with Gasteiger partial charge in [-0.3, -0.25) is 4.79 Å². The van der Waals surface area contributed by atoms with Crippen molar-refractivity contribution < 1.29 is 9.90 Å². The number of carboxylic acid groups (broad SMARTS) is 1. The van der Waals surface area contributed by atoms with Gasteiger partial charge in [-0.05, 0) is 36.1 Å². The molecule has 0 fully saturated rings. The second kappa shape index (κ2) is 6.73. The van der Waals surface area contributed by atoms with Crippen molar-refractivity contribution in [1.29, 1.82) is 0 Å². The zero-order valence-corrected chi connectivity index (χ0v) is 12.1. The molecule has 2 aromatic rings. The van der Waals surface area contributed by atoms with E-state index in [1.807, 2.05) is 18.2 Å². The average Bonchev–Trinajstić information content (AvgIpc) is 2.42. The van der Waals surface area contributed by atoms with Crippen LogP contribution >= 0.6 is 23.2 Å². The summed E-state index contributed by atoms with van der Waals surface area (Å²) in [6, 6.07) is 10.7. The fourth-order valence-electron chi connectivity index (χ4n) is 1.99. The summed E-state index contributed by atoms with van der Waals surface area (Å²) in [5, 5.41) is 10.3. The fraction of sp³-hybridized carbons (Fsp3) is 0.200. The molecule has 0 saturated carbocycles. The maximum Gasteiger partial charge on any atom is 0.307 e. The number of hydrogen-bond acceptors (Lipinski definition) is 2. The molecule has 0 aliphatic carbocycles. The first-order chi connectivity index (χ1) is 9.56. The van der Waals surface area contributed by atoms with Gasteiger partial charge in [-0.1, -0.05) is 47.5 Å². The monoisotopic (exact) mass is 309 g/mol. The quantitative estimate of drug-likeness (QED) is 0.853. The Labute approximate surface area is 127 Å². The summed E-state index contributed by atoms with van der Waals surface area (Å²) < 4.78 is 0.